The van der Waals surface area contributed by atoms with Gasteiger partial charge < -0.3 is 36.6 Å². The van der Waals surface area contributed by atoms with Gasteiger partial charge in [-0.2, -0.15) is 27.5 Å². The van der Waals surface area contributed by atoms with E-state index in [1.807, 2.05) is 53.4 Å². The van der Waals surface area contributed by atoms with Crippen molar-refractivity contribution in [1.29, 1.82) is 0 Å². The second kappa shape index (κ2) is 27.6. The van der Waals surface area contributed by atoms with Crippen LogP contribution in [-0.4, -0.2) is 89.4 Å². The predicted molar refractivity (Wildman–Crippen MR) is 224 cm³/mol. The third-order valence-electron chi connectivity index (χ3n) is 8.01. The van der Waals surface area contributed by atoms with E-state index in [0.29, 0.717) is 34.4 Å². The number of nitrogens with one attached hydrogen (secondary N) is 1. The van der Waals surface area contributed by atoms with Gasteiger partial charge in [-0.05, 0) is 35.9 Å². The number of benzene rings is 5. The number of phenolic OH excluding ortho intramolecular Hbond substituents is 2. The number of hydrogen-bond donors (Lipinski definition) is 4. The Morgan fingerprint density at radius 1 is 0.906 bits per heavy atom. The molecule has 20 nitrogen and oxygen atoms in total. The van der Waals surface area contributed by atoms with Crippen LogP contribution >= 0.6 is 0 Å². The number of fused-ring (bicyclic) bond motifs is 1. The number of hydrogen-bond acceptors (Lipinski definition) is 19. The van der Waals surface area contributed by atoms with Crippen LogP contribution in [0.4, 0.5) is 34.1 Å². The monoisotopic (exact) mass is 1030 g/mol. The van der Waals surface area contributed by atoms with Gasteiger partial charge in [0.05, 0.1) is 24.2 Å². The van der Waals surface area contributed by atoms with Crippen LogP contribution < -0.4 is 74.1 Å². The Labute approximate surface area is 426 Å². The third kappa shape index (κ3) is 19.0. The quantitative estimate of drug-likeness (QED) is 0.0356. The van der Waals surface area contributed by atoms with Crippen LogP contribution in [0.3, 0.4) is 0 Å². The van der Waals surface area contributed by atoms with Gasteiger partial charge in [0.2, 0.25) is 10.4 Å². The molecule has 0 atom stereocenters. The van der Waals surface area contributed by atoms with Gasteiger partial charge in [0.25, 0.3) is 0 Å². The average Bonchev–Trinajstić information content (AvgIpc) is 3.21. The van der Waals surface area contributed by atoms with Crippen LogP contribution in [0, 0.1) is 13.0 Å². The Hall–Kier alpha value is -3.79. The van der Waals surface area contributed by atoms with Crippen LogP contribution in [0.1, 0.15) is 5.56 Å². The molecule has 5 rings (SSSR count). The number of sulfone groups is 2. The molecule has 0 amide bonds. The van der Waals surface area contributed by atoms with Gasteiger partial charge in [0.1, 0.15) is 22.1 Å². The Morgan fingerprint density at radius 2 is 1.53 bits per heavy atom. The number of ether oxygens (including phenoxy) is 1. The fourth-order valence-electron chi connectivity index (χ4n) is 5.22. The molecule has 0 aliphatic carbocycles. The SMILES string of the molecule is C=CS(=O)(=O)CCN(Cc1cccc(N=Nc2c(NC)ccc3c(O)c(N=Nc4cc(OC)c(S(=O)(=O)C[CH2-])cc4O)[c-]cc23)c1)c1ccccc1.O=S(=O)([O-])O.O=S(=O)=O.[Cu].[Na+].[Na+]. The van der Waals surface area contributed by atoms with Crippen molar-refractivity contribution in [3.63, 3.8) is 0 Å². The number of nitrogens with zero attached hydrogens (tertiary/aromatic N) is 5. The van der Waals surface area contributed by atoms with E-state index >= 15 is 0 Å². The maximum absolute atomic E-state index is 12.4. The summed E-state index contributed by atoms with van der Waals surface area (Å²) in [6, 6.07) is 27.0. The van der Waals surface area contributed by atoms with E-state index in [1.165, 1.54) is 13.2 Å². The first-order chi connectivity index (χ1) is 28.6. The van der Waals surface area contributed by atoms with Crippen molar-refractivity contribution >= 4 is 85.6 Å². The van der Waals surface area contributed by atoms with Gasteiger partial charge in [0, 0.05) is 77.6 Å². The van der Waals surface area contributed by atoms with E-state index in [1.54, 1.807) is 31.3 Å². The van der Waals surface area contributed by atoms with Crippen molar-refractivity contribution in [1.82, 2.24) is 0 Å². The van der Waals surface area contributed by atoms with E-state index in [2.05, 4.69) is 45.3 Å². The van der Waals surface area contributed by atoms with Gasteiger partial charge >= 0.3 is 69.7 Å². The normalized spacial score (nSPS) is 11.1. The van der Waals surface area contributed by atoms with Crippen LogP contribution in [-0.2, 0) is 64.3 Å². The predicted octanol–water partition coefficient (Wildman–Crippen LogP) is 0.111. The van der Waals surface area contributed by atoms with E-state index in [9.17, 15) is 27.0 Å². The number of rotatable bonds is 15. The topological polar surface area (TPSA) is 311 Å². The molecule has 1 radical (unpaired) electrons. The van der Waals surface area contributed by atoms with Crippen molar-refractivity contribution in [2.75, 3.05) is 42.4 Å². The summed E-state index contributed by atoms with van der Waals surface area (Å²) in [6.07, 6.45) is 0. The minimum atomic E-state index is -4.92. The van der Waals surface area contributed by atoms with Crippen molar-refractivity contribution in [3.05, 3.63) is 115 Å². The van der Waals surface area contributed by atoms with Crippen LogP contribution in [0.5, 0.6) is 17.2 Å². The largest absolute Gasteiger partial charge is 1.00 e. The Bertz CT molecular complexity index is 2890. The van der Waals surface area contributed by atoms with Gasteiger partial charge in [-0.1, -0.05) is 59.5 Å². The molecule has 0 aliphatic rings. The molecule has 0 unspecified atom stereocenters. The molecule has 0 spiro atoms. The number of aromatic hydroxyl groups is 2. The first kappa shape index (κ1) is 60.2. The maximum atomic E-state index is 12.4. The van der Waals surface area contributed by atoms with Crippen molar-refractivity contribution in [3.8, 4) is 17.2 Å². The molecule has 0 aromatic heterocycles. The fourth-order valence-corrected chi connectivity index (χ4v) is 6.82. The molecule has 0 aliphatic heterocycles. The van der Waals surface area contributed by atoms with E-state index in [-0.39, 0.29) is 116 Å². The number of phenols is 2. The molecular weight excluding hydrogens is 990 g/mol. The maximum Gasteiger partial charge on any atom is 1.00 e. The number of methoxy groups -OCH3 is 1. The zero-order valence-corrected chi connectivity index (χ0v) is 42.6. The molecular formula is C37H37CuN6Na2O14S4-. The number of para-hydroxylation sites is 1. The molecule has 0 saturated heterocycles. The molecule has 337 valence electrons. The summed E-state index contributed by atoms with van der Waals surface area (Å²) in [7, 11) is -12.2. The molecule has 0 heterocycles. The standard InChI is InChI=1S/C37H36N6O7S2.Cu.2Na.H2O4S.O3S/c1-5-51(46,47)20-19-43(27-13-8-7-9-14-27)24-25-11-10-12-26(21-25)39-42-36-28-15-18-31(37(45)29(28)16-17-30(36)38-3)40-41-32-22-34(50-4)35(23-33(32)44)52(48,49)6-2;;;;1-5(2,3)4;1-4(2)3/h5,7-17,21-23,38,44-45H,1-2,6,19-20,24H2,3-4H3;;;;(H2,1,2,3,4);/q-2;;2*+1;;/p-1. The van der Waals surface area contributed by atoms with E-state index in [4.69, 9.17) is 34.9 Å². The summed E-state index contributed by atoms with van der Waals surface area (Å²) in [4.78, 5) is 1.73. The fraction of sp³-hybridized carbons (Fsp3) is 0.162. The molecule has 0 bridgehead atoms. The van der Waals surface area contributed by atoms with Gasteiger partial charge in [0.15, 0.2) is 19.7 Å². The smallest absolute Gasteiger partial charge is 0.726 e. The summed E-state index contributed by atoms with van der Waals surface area (Å²) in [5.74, 6) is -1.29. The van der Waals surface area contributed by atoms with Crippen molar-refractivity contribution in [2.45, 2.75) is 11.4 Å². The van der Waals surface area contributed by atoms with Crippen molar-refractivity contribution in [2.24, 2.45) is 20.5 Å². The van der Waals surface area contributed by atoms with Gasteiger partial charge in [-0.3, -0.25) is 4.55 Å². The first-order valence-electron chi connectivity index (χ1n) is 17.0. The van der Waals surface area contributed by atoms with Crippen LogP contribution in [0.2, 0.25) is 0 Å². The first-order valence-corrected chi connectivity index (χ1v) is 22.7. The summed E-state index contributed by atoms with van der Waals surface area (Å²) in [6.45, 7) is 7.51. The number of anilines is 2. The van der Waals surface area contributed by atoms with Crippen LogP contribution in [0.15, 0.2) is 122 Å². The minimum Gasteiger partial charge on any atom is -0.726 e. The molecule has 0 fully saturated rings. The number of azo groups is 2. The summed E-state index contributed by atoms with van der Waals surface area (Å²) >= 11 is 0. The Balaban J connectivity index is 0.00000301. The summed E-state index contributed by atoms with van der Waals surface area (Å²) in [5.41, 5.74) is 3.21. The zero-order chi connectivity index (χ0) is 45.5. The Kier molecular flexibility index (Phi) is 26.0. The molecule has 5 aromatic rings. The van der Waals surface area contributed by atoms with Gasteiger partial charge in [-0.25, -0.2) is 25.3 Å². The Morgan fingerprint density at radius 3 is 2.09 bits per heavy atom. The molecule has 5 aromatic carbocycles. The zero-order valence-electron chi connectivity index (χ0n) is 34.4. The molecule has 0 saturated carbocycles. The molecule has 64 heavy (non-hydrogen) atoms. The minimum absolute atomic E-state index is 0. The van der Waals surface area contributed by atoms with Crippen molar-refractivity contribution < 1.29 is 138 Å². The summed E-state index contributed by atoms with van der Waals surface area (Å²) in [5, 5.41) is 43.7. The third-order valence-corrected chi connectivity index (χ3v) is 10.8. The second-order valence-corrected chi connectivity index (χ2v) is 17.4. The average molecular weight is 1030 g/mol. The van der Waals surface area contributed by atoms with E-state index < -0.39 is 52.2 Å². The van der Waals surface area contributed by atoms with Crippen LogP contribution in [0.25, 0.3) is 10.8 Å². The van der Waals surface area contributed by atoms with E-state index in [0.717, 1.165) is 22.7 Å². The molecule has 4 N–H and O–H groups in total. The molecule has 27 heteroatoms. The second-order valence-electron chi connectivity index (χ2n) is 12.0. The van der Waals surface area contributed by atoms with Gasteiger partial charge in [-0.15, -0.1) is 17.7 Å². The summed E-state index contributed by atoms with van der Waals surface area (Å²) < 4.78 is 112.